The Bertz CT molecular complexity index is 467. The number of hydrogen-bond donors (Lipinski definition) is 1. The van der Waals surface area contributed by atoms with Crippen LogP contribution in [0.4, 0.5) is 0 Å². The standard InChI is InChI=1S/C15H19NOS/c1-17-13-6-2-5-12(11-13)15(16)9-3-7-14-8-4-10-18-14/h2,4-6,8,10-11,15H,3,7,9,16H2,1H3. The zero-order chi connectivity index (χ0) is 12.8. The molecule has 18 heavy (non-hydrogen) atoms. The van der Waals surface area contributed by atoms with Crippen LogP contribution in [0, 0.1) is 0 Å². The van der Waals surface area contributed by atoms with E-state index < -0.39 is 0 Å². The normalized spacial score (nSPS) is 12.3. The molecular formula is C15H19NOS. The van der Waals surface area contributed by atoms with Crippen LogP contribution in [0.25, 0.3) is 0 Å². The van der Waals surface area contributed by atoms with Crippen LogP contribution in [-0.4, -0.2) is 7.11 Å². The molecule has 1 aromatic carbocycles. The summed E-state index contributed by atoms with van der Waals surface area (Å²) >= 11 is 1.82. The van der Waals surface area contributed by atoms with Gasteiger partial charge in [-0.15, -0.1) is 11.3 Å². The minimum atomic E-state index is 0.0973. The lowest BCUT2D eigenvalue weighted by atomic mass is 10.0. The summed E-state index contributed by atoms with van der Waals surface area (Å²) in [6, 6.07) is 12.4. The van der Waals surface area contributed by atoms with Gasteiger partial charge in [-0.1, -0.05) is 18.2 Å². The van der Waals surface area contributed by atoms with Crippen LogP contribution >= 0.6 is 11.3 Å². The third-order valence-electron chi connectivity index (χ3n) is 3.04. The van der Waals surface area contributed by atoms with Gasteiger partial charge >= 0.3 is 0 Å². The Morgan fingerprint density at radius 1 is 1.28 bits per heavy atom. The number of rotatable bonds is 6. The molecule has 0 aliphatic rings. The Balaban J connectivity index is 1.85. The zero-order valence-electron chi connectivity index (χ0n) is 10.6. The van der Waals surface area contributed by atoms with Crippen molar-refractivity contribution >= 4 is 11.3 Å². The molecule has 0 amide bonds. The number of methoxy groups -OCH3 is 1. The third kappa shape index (κ3) is 3.59. The highest BCUT2D eigenvalue weighted by Gasteiger charge is 2.07. The number of thiophene rings is 1. The second-order valence-corrected chi connectivity index (χ2v) is 5.39. The zero-order valence-corrected chi connectivity index (χ0v) is 11.5. The van der Waals surface area contributed by atoms with Gasteiger partial charge < -0.3 is 10.5 Å². The molecule has 1 atom stereocenters. The first kappa shape index (κ1) is 13.1. The molecule has 0 bridgehead atoms. The quantitative estimate of drug-likeness (QED) is 0.859. The number of benzene rings is 1. The molecule has 0 saturated carbocycles. The molecular weight excluding hydrogens is 242 g/mol. The average Bonchev–Trinajstić information content (AvgIpc) is 2.92. The van der Waals surface area contributed by atoms with Gasteiger partial charge in [0.05, 0.1) is 7.11 Å². The maximum Gasteiger partial charge on any atom is 0.119 e. The molecule has 0 radical (unpaired) electrons. The molecule has 2 rings (SSSR count). The van der Waals surface area contributed by atoms with Crippen molar-refractivity contribution in [2.45, 2.75) is 25.3 Å². The number of aryl methyl sites for hydroxylation is 1. The Kier molecular flexibility index (Phi) is 4.79. The van der Waals surface area contributed by atoms with E-state index in [1.54, 1.807) is 7.11 Å². The Hall–Kier alpha value is -1.32. The van der Waals surface area contributed by atoms with Crippen LogP contribution in [0.3, 0.4) is 0 Å². The molecule has 1 unspecified atom stereocenters. The molecule has 0 aliphatic carbocycles. The third-order valence-corrected chi connectivity index (χ3v) is 3.98. The average molecular weight is 261 g/mol. The fraction of sp³-hybridized carbons (Fsp3) is 0.333. The topological polar surface area (TPSA) is 35.2 Å². The Morgan fingerprint density at radius 2 is 2.17 bits per heavy atom. The maximum absolute atomic E-state index is 6.21. The lowest BCUT2D eigenvalue weighted by molar-refractivity contribution is 0.413. The summed E-state index contributed by atoms with van der Waals surface area (Å²) in [7, 11) is 1.68. The van der Waals surface area contributed by atoms with E-state index in [4.69, 9.17) is 10.5 Å². The van der Waals surface area contributed by atoms with Gasteiger partial charge in [0.2, 0.25) is 0 Å². The highest BCUT2D eigenvalue weighted by Crippen LogP contribution is 2.22. The van der Waals surface area contributed by atoms with Gasteiger partial charge in [-0.05, 0) is 48.4 Å². The van der Waals surface area contributed by atoms with E-state index >= 15 is 0 Å². The van der Waals surface area contributed by atoms with E-state index in [9.17, 15) is 0 Å². The summed E-state index contributed by atoms with van der Waals surface area (Å²) in [4.78, 5) is 1.44. The smallest absolute Gasteiger partial charge is 0.119 e. The van der Waals surface area contributed by atoms with E-state index in [1.165, 1.54) is 4.88 Å². The Labute approximate surface area is 112 Å². The summed E-state index contributed by atoms with van der Waals surface area (Å²) in [5.41, 5.74) is 7.36. The van der Waals surface area contributed by atoms with Crippen molar-refractivity contribution in [2.24, 2.45) is 5.73 Å². The largest absolute Gasteiger partial charge is 0.497 e. The SMILES string of the molecule is COc1cccc(C(N)CCCc2cccs2)c1. The van der Waals surface area contributed by atoms with Gasteiger partial charge in [0, 0.05) is 10.9 Å². The number of ether oxygens (including phenoxy) is 1. The molecule has 2 N–H and O–H groups in total. The monoisotopic (exact) mass is 261 g/mol. The predicted molar refractivity (Wildman–Crippen MR) is 77.2 cm³/mol. The molecule has 0 saturated heterocycles. The van der Waals surface area contributed by atoms with E-state index in [0.717, 1.165) is 30.6 Å². The maximum atomic E-state index is 6.21. The van der Waals surface area contributed by atoms with E-state index in [-0.39, 0.29) is 6.04 Å². The van der Waals surface area contributed by atoms with Crippen LogP contribution in [0.2, 0.25) is 0 Å². The van der Waals surface area contributed by atoms with Gasteiger partial charge in [0.25, 0.3) is 0 Å². The highest BCUT2D eigenvalue weighted by atomic mass is 32.1. The predicted octanol–water partition coefficient (Wildman–Crippen LogP) is 3.78. The van der Waals surface area contributed by atoms with Crippen LogP contribution in [-0.2, 0) is 6.42 Å². The van der Waals surface area contributed by atoms with Crippen molar-refractivity contribution in [2.75, 3.05) is 7.11 Å². The van der Waals surface area contributed by atoms with Crippen LogP contribution in [0.1, 0.15) is 29.3 Å². The summed E-state index contributed by atoms with van der Waals surface area (Å²) in [6.07, 6.45) is 3.25. The van der Waals surface area contributed by atoms with Crippen molar-refractivity contribution in [3.63, 3.8) is 0 Å². The minimum absolute atomic E-state index is 0.0973. The van der Waals surface area contributed by atoms with Crippen molar-refractivity contribution in [1.29, 1.82) is 0 Å². The lowest BCUT2D eigenvalue weighted by Crippen LogP contribution is -2.10. The molecule has 1 heterocycles. The molecule has 0 spiro atoms. The first-order valence-electron chi connectivity index (χ1n) is 6.21. The summed E-state index contributed by atoms with van der Waals surface area (Å²) in [5, 5.41) is 2.12. The van der Waals surface area contributed by atoms with E-state index in [0.29, 0.717) is 0 Å². The van der Waals surface area contributed by atoms with E-state index in [1.807, 2.05) is 29.5 Å². The van der Waals surface area contributed by atoms with Gasteiger partial charge in [-0.3, -0.25) is 0 Å². The van der Waals surface area contributed by atoms with Crippen molar-refractivity contribution < 1.29 is 4.74 Å². The van der Waals surface area contributed by atoms with Gasteiger partial charge in [-0.25, -0.2) is 0 Å². The van der Waals surface area contributed by atoms with Crippen LogP contribution < -0.4 is 10.5 Å². The number of hydrogen-bond acceptors (Lipinski definition) is 3. The molecule has 1 aromatic heterocycles. The summed E-state index contributed by atoms with van der Waals surface area (Å²) < 4.78 is 5.21. The van der Waals surface area contributed by atoms with Crippen LogP contribution in [0.5, 0.6) is 5.75 Å². The summed E-state index contributed by atoms with van der Waals surface area (Å²) in [5.74, 6) is 0.876. The minimum Gasteiger partial charge on any atom is -0.497 e. The molecule has 2 aromatic rings. The molecule has 3 heteroatoms. The van der Waals surface area contributed by atoms with Crippen molar-refractivity contribution in [3.8, 4) is 5.75 Å². The van der Waals surface area contributed by atoms with Gasteiger partial charge in [0.15, 0.2) is 0 Å². The fourth-order valence-corrected chi connectivity index (χ4v) is 2.74. The molecule has 2 nitrogen and oxygen atoms in total. The Morgan fingerprint density at radius 3 is 2.89 bits per heavy atom. The van der Waals surface area contributed by atoms with Gasteiger partial charge in [-0.2, -0.15) is 0 Å². The fourth-order valence-electron chi connectivity index (χ4n) is 1.99. The molecule has 0 aliphatic heterocycles. The summed E-state index contributed by atoms with van der Waals surface area (Å²) in [6.45, 7) is 0. The highest BCUT2D eigenvalue weighted by molar-refractivity contribution is 7.09. The van der Waals surface area contributed by atoms with Crippen molar-refractivity contribution in [1.82, 2.24) is 0 Å². The molecule has 0 fully saturated rings. The first-order valence-corrected chi connectivity index (χ1v) is 7.09. The van der Waals surface area contributed by atoms with Crippen LogP contribution in [0.15, 0.2) is 41.8 Å². The number of nitrogens with two attached hydrogens (primary N) is 1. The first-order chi connectivity index (χ1) is 8.79. The van der Waals surface area contributed by atoms with E-state index in [2.05, 4.69) is 23.6 Å². The lowest BCUT2D eigenvalue weighted by Gasteiger charge is -2.12. The van der Waals surface area contributed by atoms with Crippen molar-refractivity contribution in [3.05, 3.63) is 52.2 Å². The van der Waals surface area contributed by atoms with Gasteiger partial charge in [0.1, 0.15) is 5.75 Å². The molecule has 96 valence electrons. The second kappa shape index (κ2) is 6.57. The second-order valence-electron chi connectivity index (χ2n) is 4.35.